The summed E-state index contributed by atoms with van der Waals surface area (Å²) in [5.41, 5.74) is 0.798. The molecule has 2 aliphatic rings. The second-order valence-electron chi connectivity index (χ2n) is 5.98. The van der Waals surface area contributed by atoms with Crippen LogP contribution in [-0.4, -0.2) is 25.7 Å². The lowest BCUT2D eigenvalue weighted by Gasteiger charge is -2.33. The third-order valence-electron chi connectivity index (χ3n) is 4.66. The van der Waals surface area contributed by atoms with Gasteiger partial charge in [-0.05, 0) is 31.7 Å². The highest BCUT2D eigenvalue weighted by molar-refractivity contribution is 5.82. The van der Waals surface area contributed by atoms with Gasteiger partial charge in [0.2, 0.25) is 5.91 Å². The molecule has 1 aliphatic carbocycles. The Kier molecular flexibility index (Phi) is 4.15. The molecule has 4 nitrogen and oxygen atoms in total. The number of methoxy groups -OCH3 is 1. The van der Waals surface area contributed by atoms with E-state index >= 15 is 0 Å². The first-order valence-corrected chi connectivity index (χ1v) is 7.82. The maximum Gasteiger partial charge on any atom is 0.249 e. The van der Waals surface area contributed by atoms with Crippen LogP contribution in [0.3, 0.4) is 0 Å². The molecule has 4 heteroatoms. The monoisotopic (exact) mass is 289 g/mol. The largest absolute Gasteiger partial charge is 0.496 e. The van der Waals surface area contributed by atoms with Gasteiger partial charge >= 0.3 is 0 Å². The second-order valence-corrected chi connectivity index (χ2v) is 5.98. The molecule has 21 heavy (non-hydrogen) atoms. The van der Waals surface area contributed by atoms with Crippen LogP contribution in [-0.2, 0) is 15.1 Å². The summed E-state index contributed by atoms with van der Waals surface area (Å²) in [7, 11) is 1.68. The predicted molar refractivity (Wildman–Crippen MR) is 80.3 cm³/mol. The van der Waals surface area contributed by atoms with Crippen LogP contribution in [0.1, 0.15) is 44.1 Å². The van der Waals surface area contributed by atoms with Gasteiger partial charge < -0.3 is 14.8 Å². The van der Waals surface area contributed by atoms with Gasteiger partial charge in [-0.1, -0.05) is 31.0 Å². The van der Waals surface area contributed by atoms with Gasteiger partial charge in [0.15, 0.2) is 0 Å². The van der Waals surface area contributed by atoms with E-state index in [1.807, 2.05) is 18.2 Å². The van der Waals surface area contributed by atoms with Crippen LogP contribution in [0.2, 0.25) is 0 Å². The van der Waals surface area contributed by atoms with Gasteiger partial charge in [0.05, 0.1) is 12.6 Å². The highest BCUT2D eigenvalue weighted by Crippen LogP contribution is 2.42. The SMILES string of the molecule is COc1ccccc1C1(NC(=O)[C@H]2CCCO2)CCCC1. The fourth-order valence-corrected chi connectivity index (χ4v) is 3.58. The normalized spacial score (nSPS) is 24.0. The molecule has 1 atom stereocenters. The van der Waals surface area contributed by atoms with Crippen molar-refractivity contribution in [2.45, 2.75) is 50.2 Å². The molecular weight excluding hydrogens is 266 g/mol. The van der Waals surface area contributed by atoms with Crippen LogP contribution in [0, 0.1) is 0 Å². The van der Waals surface area contributed by atoms with Gasteiger partial charge in [0, 0.05) is 12.2 Å². The Morgan fingerprint density at radius 1 is 1.29 bits per heavy atom. The third kappa shape index (κ3) is 2.77. The summed E-state index contributed by atoms with van der Waals surface area (Å²) < 4.78 is 11.0. The fourth-order valence-electron chi connectivity index (χ4n) is 3.58. The summed E-state index contributed by atoms with van der Waals surface area (Å²) in [5.74, 6) is 0.882. The summed E-state index contributed by atoms with van der Waals surface area (Å²) in [5, 5.41) is 3.28. The molecule has 0 spiro atoms. The molecule has 0 aromatic heterocycles. The Balaban J connectivity index is 1.87. The van der Waals surface area contributed by atoms with E-state index in [0.29, 0.717) is 6.61 Å². The molecule has 1 amide bonds. The predicted octanol–water partition coefficient (Wildman–Crippen LogP) is 2.76. The topological polar surface area (TPSA) is 47.6 Å². The maximum absolute atomic E-state index is 12.5. The zero-order chi connectivity index (χ0) is 14.7. The quantitative estimate of drug-likeness (QED) is 0.927. The van der Waals surface area contributed by atoms with Crippen LogP contribution in [0.4, 0.5) is 0 Å². The number of rotatable bonds is 4. The Morgan fingerprint density at radius 3 is 2.71 bits per heavy atom. The van der Waals surface area contributed by atoms with Gasteiger partial charge in [-0.25, -0.2) is 0 Å². The minimum absolute atomic E-state index is 0.0281. The molecule has 1 aromatic rings. The zero-order valence-electron chi connectivity index (χ0n) is 12.6. The highest BCUT2D eigenvalue weighted by atomic mass is 16.5. The summed E-state index contributed by atoms with van der Waals surface area (Å²) >= 11 is 0. The number of amides is 1. The van der Waals surface area contributed by atoms with E-state index in [9.17, 15) is 4.79 Å². The van der Waals surface area contributed by atoms with Crippen LogP contribution in [0.5, 0.6) is 5.75 Å². The smallest absolute Gasteiger partial charge is 0.249 e. The number of hydrogen-bond donors (Lipinski definition) is 1. The minimum atomic E-state index is -0.296. The standard InChI is InChI=1S/C17H23NO3/c1-20-14-8-3-2-7-13(14)17(10-4-5-11-17)18-16(19)15-9-6-12-21-15/h2-3,7-8,15H,4-6,9-12H2,1H3,(H,18,19)/t15-/m1/s1. The molecule has 1 heterocycles. The molecule has 1 N–H and O–H groups in total. The number of hydrogen-bond acceptors (Lipinski definition) is 3. The lowest BCUT2D eigenvalue weighted by Crippen LogP contribution is -2.48. The van der Waals surface area contributed by atoms with Crippen molar-refractivity contribution in [2.75, 3.05) is 13.7 Å². The number of carbonyl (C=O) groups is 1. The van der Waals surface area contributed by atoms with E-state index in [0.717, 1.165) is 49.8 Å². The van der Waals surface area contributed by atoms with Crippen molar-refractivity contribution in [2.24, 2.45) is 0 Å². The Hall–Kier alpha value is -1.55. The molecule has 0 bridgehead atoms. The number of nitrogens with one attached hydrogen (secondary N) is 1. The minimum Gasteiger partial charge on any atom is -0.496 e. The number of ether oxygens (including phenoxy) is 2. The van der Waals surface area contributed by atoms with Gasteiger partial charge in [-0.3, -0.25) is 4.79 Å². The first-order chi connectivity index (χ1) is 10.2. The van der Waals surface area contributed by atoms with Crippen molar-refractivity contribution < 1.29 is 14.3 Å². The second kappa shape index (κ2) is 6.06. The fraction of sp³-hybridized carbons (Fsp3) is 0.588. The van der Waals surface area contributed by atoms with Gasteiger partial charge in [0.1, 0.15) is 11.9 Å². The van der Waals surface area contributed by atoms with Crippen LogP contribution in [0.25, 0.3) is 0 Å². The summed E-state index contributed by atoms with van der Waals surface area (Å²) in [6, 6.07) is 8.01. The molecule has 0 radical (unpaired) electrons. The van der Waals surface area contributed by atoms with E-state index in [1.54, 1.807) is 7.11 Å². The summed E-state index contributed by atoms with van der Waals surface area (Å²) in [4.78, 5) is 12.5. The van der Waals surface area contributed by atoms with Gasteiger partial charge in [0.25, 0.3) is 0 Å². The summed E-state index contributed by atoms with van der Waals surface area (Å²) in [6.07, 6.45) is 5.70. The molecule has 1 saturated heterocycles. The molecular formula is C17H23NO3. The van der Waals surface area contributed by atoms with E-state index in [2.05, 4.69) is 11.4 Å². The Morgan fingerprint density at radius 2 is 2.05 bits per heavy atom. The molecule has 114 valence electrons. The van der Waals surface area contributed by atoms with E-state index in [-0.39, 0.29) is 17.6 Å². The van der Waals surface area contributed by atoms with E-state index < -0.39 is 0 Å². The average molecular weight is 289 g/mol. The first kappa shape index (κ1) is 14.4. The molecule has 2 fully saturated rings. The lowest BCUT2D eigenvalue weighted by molar-refractivity contribution is -0.132. The number of para-hydroxylation sites is 1. The van der Waals surface area contributed by atoms with Crippen LogP contribution >= 0.6 is 0 Å². The molecule has 0 unspecified atom stereocenters. The lowest BCUT2D eigenvalue weighted by atomic mass is 9.87. The van der Waals surface area contributed by atoms with Crippen molar-refractivity contribution in [3.8, 4) is 5.75 Å². The number of carbonyl (C=O) groups excluding carboxylic acids is 1. The van der Waals surface area contributed by atoms with E-state index in [1.165, 1.54) is 0 Å². The van der Waals surface area contributed by atoms with Crippen molar-refractivity contribution in [3.63, 3.8) is 0 Å². The molecule has 1 aliphatic heterocycles. The van der Waals surface area contributed by atoms with Crippen molar-refractivity contribution in [1.82, 2.24) is 5.32 Å². The molecule has 3 rings (SSSR count). The molecule has 1 aromatic carbocycles. The third-order valence-corrected chi connectivity index (χ3v) is 4.66. The first-order valence-electron chi connectivity index (χ1n) is 7.82. The van der Waals surface area contributed by atoms with Gasteiger partial charge in [-0.15, -0.1) is 0 Å². The van der Waals surface area contributed by atoms with E-state index in [4.69, 9.17) is 9.47 Å². The van der Waals surface area contributed by atoms with Gasteiger partial charge in [-0.2, -0.15) is 0 Å². The highest BCUT2D eigenvalue weighted by Gasteiger charge is 2.40. The van der Waals surface area contributed by atoms with Crippen LogP contribution in [0.15, 0.2) is 24.3 Å². The molecule has 1 saturated carbocycles. The summed E-state index contributed by atoms with van der Waals surface area (Å²) in [6.45, 7) is 0.694. The Bertz CT molecular complexity index is 503. The van der Waals surface area contributed by atoms with Crippen LogP contribution < -0.4 is 10.1 Å². The average Bonchev–Trinajstić information content (AvgIpc) is 3.19. The maximum atomic E-state index is 12.5. The van der Waals surface area contributed by atoms with Crippen molar-refractivity contribution in [3.05, 3.63) is 29.8 Å². The number of benzene rings is 1. The Labute approximate surface area is 125 Å². The van der Waals surface area contributed by atoms with Crippen molar-refractivity contribution in [1.29, 1.82) is 0 Å². The zero-order valence-corrected chi connectivity index (χ0v) is 12.6. The van der Waals surface area contributed by atoms with Crippen molar-refractivity contribution >= 4 is 5.91 Å².